The van der Waals surface area contributed by atoms with Gasteiger partial charge in [-0.1, -0.05) is 36.5 Å². The Morgan fingerprint density at radius 3 is 2.57 bits per heavy atom. The maximum absolute atomic E-state index is 12.4. The van der Waals surface area contributed by atoms with Crippen molar-refractivity contribution in [3.8, 4) is 0 Å². The fraction of sp³-hybridized carbons (Fsp3) is 0.538. The molecule has 0 aromatic heterocycles. The Bertz CT molecular complexity index is 572. The molecular weight excluding hydrogens is 337 g/mol. The van der Waals surface area contributed by atoms with Crippen LogP contribution in [0.5, 0.6) is 0 Å². The number of ether oxygens (including phenoxy) is 1. The molecule has 1 aromatic rings. The van der Waals surface area contributed by atoms with Crippen LogP contribution in [-0.4, -0.2) is 33.3 Å². The van der Waals surface area contributed by atoms with E-state index in [1.54, 1.807) is 0 Å². The Kier molecular flexibility index (Phi) is 7.39. The van der Waals surface area contributed by atoms with Gasteiger partial charge in [-0.05, 0) is 24.1 Å². The van der Waals surface area contributed by atoms with E-state index in [0.717, 1.165) is 6.42 Å². The van der Waals surface area contributed by atoms with Crippen LogP contribution in [-0.2, 0) is 21.4 Å². The van der Waals surface area contributed by atoms with Crippen molar-refractivity contribution in [3.63, 3.8) is 0 Å². The molecule has 0 spiro atoms. The fourth-order valence-corrected chi connectivity index (χ4v) is 4.12. The summed E-state index contributed by atoms with van der Waals surface area (Å²) in [5, 5.41) is 9.38. The third kappa shape index (κ3) is 5.09. The Morgan fingerprint density at radius 2 is 2.05 bits per heavy atom. The highest BCUT2D eigenvalue weighted by molar-refractivity contribution is 7.89. The van der Waals surface area contributed by atoms with Gasteiger partial charge in [0.05, 0.1) is 18.2 Å². The third-order valence-corrected chi connectivity index (χ3v) is 5.19. The van der Waals surface area contributed by atoms with E-state index in [0.29, 0.717) is 6.42 Å². The second kappa shape index (κ2) is 8.31. The van der Waals surface area contributed by atoms with Gasteiger partial charge in [-0.15, -0.1) is 0 Å². The lowest BCUT2D eigenvalue weighted by Gasteiger charge is -2.18. The number of aliphatic hydroxyl groups excluding tert-OH is 1. The first-order chi connectivity index (χ1) is 9.85. The molecule has 0 saturated carbocycles. The zero-order valence-electron chi connectivity index (χ0n) is 11.9. The molecule has 0 radical (unpaired) electrons. The van der Waals surface area contributed by atoms with E-state index in [2.05, 4.69) is 4.72 Å². The SMILES string of the molecule is CCCC(COC)NS(=O)(=O)c1cc(Cl)cc(CO)c1Cl. The maximum Gasteiger partial charge on any atom is 0.242 e. The molecule has 1 unspecified atom stereocenters. The standard InChI is InChI=1S/C13H19Cl2NO4S/c1-3-4-11(8-20-2)16-21(18,19)12-6-10(14)5-9(7-17)13(12)15/h5-6,11,16-17H,3-4,7-8H2,1-2H3. The van der Waals surface area contributed by atoms with Crippen LogP contribution in [0.1, 0.15) is 25.3 Å². The normalized spacial score (nSPS) is 13.4. The van der Waals surface area contributed by atoms with Crippen molar-refractivity contribution < 1.29 is 18.3 Å². The summed E-state index contributed by atoms with van der Waals surface area (Å²) in [5.41, 5.74) is 0.267. The van der Waals surface area contributed by atoms with E-state index in [9.17, 15) is 13.5 Å². The molecule has 0 bridgehead atoms. The number of methoxy groups -OCH3 is 1. The zero-order chi connectivity index (χ0) is 16.0. The number of rotatable bonds is 8. The van der Waals surface area contributed by atoms with Crippen molar-refractivity contribution in [2.45, 2.75) is 37.3 Å². The minimum atomic E-state index is -3.85. The molecule has 0 aliphatic rings. The van der Waals surface area contributed by atoms with Crippen LogP contribution in [0.2, 0.25) is 10.0 Å². The topological polar surface area (TPSA) is 75.6 Å². The molecule has 120 valence electrons. The van der Waals surface area contributed by atoms with E-state index >= 15 is 0 Å². The first-order valence-corrected chi connectivity index (χ1v) is 8.69. The summed E-state index contributed by atoms with van der Waals surface area (Å²) in [6.45, 7) is 1.82. The monoisotopic (exact) mass is 355 g/mol. The summed E-state index contributed by atoms with van der Waals surface area (Å²) >= 11 is 11.9. The highest BCUT2D eigenvalue weighted by atomic mass is 35.5. The van der Waals surface area contributed by atoms with Crippen molar-refractivity contribution in [1.29, 1.82) is 0 Å². The largest absolute Gasteiger partial charge is 0.392 e. The molecule has 1 rings (SSSR count). The van der Waals surface area contributed by atoms with Crippen LogP contribution in [0.4, 0.5) is 0 Å². The minimum Gasteiger partial charge on any atom is -0.392 e. The van der Waals surface area contributed by atoms with Crippen LogP contribution in [0, 0.1) is 0 Å². The van der Waals surface area contributed by atoms with Gasteiger partial charge in [0.2, 0.25) is 10.0 Å². The highest BCUT2D eigenvalue weighted by Crippen LogP contribution is 2.29. The molecular formula is C13H19Cl2NO4S. The molecule has 0 fully saturated rings. The van der Waals surface area contributed by atoms with Crippen LogP contribution in [0.25, 0.3) is 0 Å². The Labute approximate surface area is 135 Å². The summed E-state index contributed by atoms with van der Waals surface area (Å²) in [5.74, 6) is 0. The van der Waals surface area contributed by atoms with Crippen molar-refractivity contribution in [2.24, 2.45) is 0 Å². The van der Waals surface area contributed by atoms with Gasteiger partial charge < -0.3 is 9.84 Å². The van der Waals surface area contributed by atoms with Crippen molar-refractivity contribution in [1.82, 2.24) is 4.72 Å². The molecule has 1 aromatic carbocycles. The van der Waals surface area contributed by atoms with E-state index in [1.807, 2.05) is 6.92 Å². The molecule has 0 saturated heterocycles. The lowest BCUT2D eigenvalue weighted by atomic mass is 10.2. The Balaban J connectivity index is 3.15. The van der Waals surface area contributed by atoms with Gasteiger partial charge >= 0.3 is 0 Å². The predicted molar refractivity (Wildman–Crippen MR) is 83.3 cm³/mol. The summed E-state index contributed by atoms with van der Waals surface area (Å²) in [7, 11) is -2.34. The lowest BCUT2D eigenvalue weighted by Crippen LogP contribution is -2.38. The predicted octanol–water partition coefficient (Wildman–Crippen LogP) is 2.58. The second-order valence-corrected chi connectivity index (χ2v) is 7.09. The molecule has 0 aliphatic carbocycles. The quantitative estimate of drug-likeness (QED) is 0.751. The average molecular weight is 356 g/mol. The number of hydrogen-bond acceptors (Lipinski definition) is 4. The van der Waals surface area contributed by atoms with E-state index in [4.69, 9.17) is 27.9 Å². The maximum atomic E-state index is 12.4. The molecule has 2 N–H and O–H groups in total. The second-order valence-electron chi connectivity index (χ2n) is 4.60. The van der Waals surface area contributed by atoms with E-state index < -0.39 is 16.6 Å². The van der Waals surface area contributed by atoms with Crippen molar-refractivity contribution in [2.75, 3.05) is 13.7 Å². The van der Waals surface area contributed by atoms with Gasteiger partial charge in [-0.2, -0.15) is 0 Å². The number of sulfonamides is 1. The average Bonchev–Trinajstić information content (AvgIpc) is 2.41. The summed E-state index contributed by atoms with van der Waals surface area (Å²) in [6, 6.07) is 2.35. The third-order valence-electron chi connectivity index (χ3n) is 2.87. The summed E-state index contributed by atoms with van der Waals surface area (Å²) in [6.07, 6.45) is 1.44. The minimum absolute atomic E-state index is 0.0259. The van der Waals surface area contributed by atoms with Crippen molar-refractivity contribution >= 4 is 33.2 Å². The fourth-order valence-electron chi connectivity index (χ4n) is 1.94. The first kappa shape index (κ1) is 18.7. The molecule has 21 heavy (non-hydrogen) atoms. The summed E-state index contributed by atoms with van der Waals surface area (Å²) < 4.78 is 32.4. The van der Waals surface area contributed by atoms with Crippen LogP contribution >= 0.6 is 23.2 Å². The van der Waals surface area contributed by atoms with Gasteiger partial charge in [0.1, 0.15) is 4.90 Å². The van der Waals surface area contributed by atoms with Gasteiger partial charge in [-0.25, -0.2) is 13.1 Å². The molecule has 1 atom stereocenters. The van der Waals surface area contributed by atoms with E-state index in [-0.39, 0.29) is 33.2 Å². The summed E-state index contributed by atoms with van der Waals surface area (Å²) in [4.78, 5) is -0.141. The number of nitrogens with one attached hydrogen (secondary N) is 1. The van der Waals surface area contributed by atoms with Gasteiger partial charge in [0, 0.05) is 18.2 Å². The Morgan fingerprint density at radius 1 is 1.38 bits per heavy atom. The molecule has 0 heterocycles. The number of hydrogen-bond donors (Lipinski definition) is 2. The first-order valence-electron chi connectivity index (χ1n) is 6.45. The highest BCUT2D eigenvalue weighted by Gasteiger charge is 2.24. The molecule has 5 nitrogen and oxygen atoms in total. The molecule has 0 aliphatic heterocycles. The van der Waals surface area contributed by atoms with Gasteiger partial charge in [0.25, 0.3) is 0 Å². The Hall–Kier alpha value is -0.370. The van der Waals surface area contributed by atoms with Crippen LogP contribution < -0.4 is 4.72 Å². The van der Waals surface area contributed by atoms with Crippen LogP contribution in [0.3, 0.4) is 0 Å². The number of benzene rings is 1. The number of halogens is 2. The zero-order valence-corrected chi connectivity index (χ0v) is 14.2. The van der Waals surface area contributed by atoms with E-state index in [1.165, 1.54) is 19.2 Å². The molecule has 8 heteroatoms. The van der Waals surface area contributed by atoms with Gasteiger partial charge in [-0.3, -0.25) is 0 Å². The smallest absolute Gasteiger partial charge is 0.242 e. The number of aliphatic hydroxyl groups is 1. The molecule has 0 amide bonds. The van der Waals surface area contributed by atoms with Crippen LogP contribution in [0.15, 0.2) is 17.0 Å². The van der Waals surface area contributed by atoms with Crippen molar-refractivity contribution in [3.05, 3.63) is 27.7 Å². The van der Waals surface area contributed by atoms with Gasteiger partial charge in [0.15, 0.2) is 0 Å². The lowest BCUT2D eigenvalue weighted by molar-refractivity contribution is 0.171.